The third-order valence-electron chi connectivity index (χ3n) is 3.43. The Morgan fingerprint density at radius 3 is 2.70 bits per heavy atom. The summed E-state index contributed by atoms with van der Waals surface area (Å²) in [6.07, 6.45) is 1.35. The highest BCUT2D eigenvalue weighted by Crippen LogP contribution is 2.34. The molecule has 2 N–H and O–H groups in total. The van der Waals surface area contributed by atoms with Crippen molar-refractivity contribution in [3.05, 3.63) is 58.7 Å². The molecule has 0 atom stereocenters. The summed E-state index contributed by atoms with van der Waals surface area (Å²) < 4.78 is 1.19. The number of hydrogen-bond acceptors (Lipinski definition) is 4. The van der Waals surface area contributed by atoms with E-state index in [1.807, 2.05) is 6.07 Å². The van der Waals surface area contributed by atoms with Crippen LogP contribution in [0.5, 0.6) is 5.88 Å². The van der Waals surface area contributed by atoms with E-state index < -0.39 is 5.97 Å². The minimum atomic E-state index is -1.08. The van der Waals surface area contributed by atoms with Crippen molar-refractivity contribution in [2.75, 3.05) is 0 Å². The van der Waals surface area contributed by atoms with E-state index in [1.54, 1.807) is 25.1 Å². The standard InChI is InChI=1S/C16H12ClN3O3/c1-9-14(11-4-2-3-5-12(11)17)19-20(15(9)21)13-8-10(16(22)23)6-7-18-13/h2-8,21H,1H3,(H,22,23). The predicted molar refractivity (Wildman–Crippen MR) is 85.2 cm³/mol. The molecular formula is C16H12ClN3O3. The zero-order chi connectivity index (χ0) is 16.6. The van der Waals surface area contributed by atoms with Crippen molar-refractivity contribution in [2.24, 2.45) is 0 Å². The molecular weight excluding hydrogens is 318 g/mol. The molecule has 0 bridgehead atoms. The van der Waals surface area contributed by atoms with Gasteiger partial charge in [-0.05, 0) is 25.1 Å². The van der Waals surface area contributed by atoms with E-state index in [2.05, 4.69) is 10.1 Å². The lowest BCUT2D eigenvalue weighted by molar-refractivity contribution is 0.0696. The molecule has 23 heavy (non-hydrogen) atoms. The SMILES string of the molecule is Cc1c(-c2ccccc2Cl)nn(-c2cc(C(=O)O)ccn2)c1O. The van der Waals surface area contributed by atoms with Gasteiger partial charge in [0.2, 0.25) is 5.88 Å². The van der Waals surface area contributed by atoms with Crippen molar-refractivity contribution >= 4 is 17.6 Å². The van der Waals surface area contributed by atoms with Crippen molar-refractivity contribution in [3.63, 3.8) is 0 Å². The summed E-state index contributed by atoms with van der Waals surface area (Å²) in [7, 11) is 0. The maximum Gasteiger partial charge on any atom is 0.335 e. The van der Waals surface area contributed by atoms with E-state index in [0.717, 1.165) is 0 Å². The Morgan fingerprint density at radius 1 is 1.26 bits per heavy atom. The fourth-order valence-electron chi connectivity index (χ4n) is 2.22. The summed E-state index contributed by atoms with van der Waals surface area (Å²) in [5, 5.41) is 24.2. The van der Waals surface area contributed by atoms with Gasteiger partial charge in [-0.1, -0.05) is 29.8 Å². The summed E-state index contributed by atoms with van der Waals surface area (Å²) >= 11 is 6.18. The maximum absolute atomic E-state index is 11.1. The molecule has 3 rings (SSSR count). The number of carboxylic acids is 1. The predicted octanol–water partition coefficient (Wildman–Crippen LogP) is 3.30. The number of aromatic nitrogens is 3. The molecule has 2 heterocycles. The van der Waals surface area contributed by atoms with Crippen molar-refractivity contribution in [2.45, 2.75) is 6.92 Å². The van der Waals surface area contributed by atoms with Gasteiger partial charge in [-0.25, -0.2) is 9.78 Å². The second-order valence-corrected chi connectivity index (χ2v) is 5.30. The number of carbonyl (C=O) groups is 1. The van der Waals surface area contributed by atoms with Gasteiger partial charge in [-0.3, -0.25) is 0 Å². The molecule has 2 aromatic heterocycles. The van der Waals surface area contributed by atoms with Crippen molar-refractivity contribution < 1.29 is 15.0 Å². The van der Waals surface area contributed by atoms with E-state index in [4.69, 9.17) is 16.7 Å². The molecule has 0 amide bonds. The molecule has 7 heteroatoms. The van der Waals surface area contributed by atoms with Gasteiger partial charge in [-0.15, -0.1) is 0 Å². The average molecular weight is 330 g/mol. The van der Waals surface area contributed by atoms with Gasteiger partial charge in [0.25, 0.3) is 0 Å². The van der Waals surface area contributed by atoms with Crippen LogP contribution in [-0.2, 0) is 0 Å². The molecule has 0 radical (unpaired) electrons. The topological polar surface area (TPSA) is 88.2 Å². The lowest BCUT2D eigenvalue weighted by Crippen LogP contribution is -2.03. The Kier molecular flexibility index (Phi) is 3.75. The minimum absolute atomic E-state index is 0.0573. The first-order valence-corrected chi connectivity index (χ1v) is 7.10. The van der Waals surface area contributed by atoms with E-state index in [-0.39, 0.29) is 17.3 Å². The van der Waals surface area contributed by atoms with Crippen LogP contribution in [0, 0.1) is 6.92 Å². The number of benzene rings is 1. The molecule has 0 aliphatic carbocycles. The molecule has 6 nitrogen and oxygen atoms in total. The maximum atomic E-state index is 11.1. The molecule has 0 spiro atoms. The summed E-state index contributed by atoms with van der Waals surface area (Å²) in [6, 6.07) is 9.85. The number of aromatic hydroxyl groups is 1. The summed E-state index contributed by atoms with van der Waals surface area (Å²) in [4.78, 5) is 15.1. The second-order valence-electron chi connectivity index (χ2n) is 4.90. The number of nitrogens with zero attached hydrogens (tertiary/aromatic N) is 3. The highest BCUT2D eigenvalue weighted by Gasteiger charge is 2.19. The van der Waals surface area contributed by atoms with Crippen molar-refractivity contribution in [3.8, 4) is 23.0 Å². The Hall–Kier alpha value is -2.86. The van der Waals surface area contributed by atoms with Gasteiger partial charge in [0, 0.05) is 17.3 Å². The lowest BCUT2D eigenvalue weighted by atomic mass is 10.1. The van der Waals surface area contributed by atoms with Crippen LogP contribution in [-0.4, -0.2) is 30.9 Å². The van der Waals surface area contributed by atoms with E-state index in [9.17, 15) is 9.90 Å². The Balaban J connectivity index is 2.16. The fourth-order valence-corrected chi connectivity index (χ4v) is 2.45. The molecule has 0 fully saturated rings. The molecule has 0 aliphatic heterocycles. The molecule has 3 aromatic rings. The Morgan fingerprint density at radius 2 is 2.00 bits per heavy atom. The highest BCUT2D eigenvalue weighted by atomic mass is 35.5. The van der Waals surface area contributed by atoms with Crippen LogP contribution in [0.2, 0.25) is 5.02 Å². The van der Waals surface area contributed by atoms with Gasteiger partial charge in [-0.2, -0.15) is 9.78 Å². The first-order valence-electron chi connectivity index (χ1n) is 6.72. The summed E-state index contributed by atoms with van der Waals surface area (Å²) in [6.45, 7) is 1.71. The molecule has 0 saturated carbocycles. The lowest BCUT2D eigenvalue weighted by Gasteiger charge is -2.03. The van der Waals surface area contributed by atoms with Gasteiger partial charge < -0.3 is 10.2 Å². The zero-order valence-corrected chi connectivity index (χ0v) is 12.8. The fraction of sp³-hybridized carbons (Fsp3) is 0.0625. The molecule has 0 unspecified atom stereocenters. The summed E-state index contributed by atoms with van der Waals surface area (Å²) in [5.74, 6) is -0.984. The molecule has 0 saturated heterocycles. The van der Waals surface area contributed by atoms with Gasteiger partial charge in [0.15, 0.2) is 5.82 Å². The third-order valence-corrected chi connectivity index (χ3v) is 3.76. The van der Waals surface area contributed by atoms with E-state index in [0.29, 0.717) is 21.8 Å². The monoisotopic (exact) mass is 329 g/mol. The quantitative estimate of drug-likeness (QED) is 0.769. The number of rotatable bonds is 3. The Labute approximate surface area is 136 Å². The van der Waals surface area contributed by atoms with Crippen LogP contribution in [0.3, 0.4) is 0 Å². The first kappa shape index (κ1) is 15.1. The Bertz CT molecular complexity index is 905. The normalized spacial score (nSPS) is 10.7. The van der Waals surface area contributed by atoms with Crippen molar-refractivity contribution in [1.82, 2.24) is 14.8 Å². The van der Waals surface area contributed by atoms with Gasteiger partial charge >= 0.3 is 5.97 Å². The summed E-state index contributed by atoms with van der Waals surface area (Å²) in [5.41, 5.74) is 1.77. The highest BCUT2D eigenvalue weighted by molar-refractivity contribution is 6.33. The van der Waals surface area contributed by atoms with Crippen LogP contribution in [0.15, 0.2) is 42.6 Å². The van der Waals surface area contributed by atoms with E-state index >= 15 is 0 Å². The van der Waals surface area contributed by atoms with Crippen LogP contribution in [0.1, 0.15) is 15.9 Å². The second kappa shape index (κ2) is 5.73. The minimum Gasteiger partial charge on any atom is -0.493 e. The van der Waals surface area contributed by atoms with Gasteiger partial charge in [0.05, 0.1) is 10.6 Å². The van der Waals surface area contributed by atoms with Crippen LogP contribution in [0.4, 0.5) is 0 Å². The third kappa shape index (κ3) is 2.64. The number of hydrogen-bond donors (Lipinski definition) is 2. The number of carboxylic acid groups (broad SMARTS) is 1. The number of pyridine rings is 1. The average Bonchev–Trinajstić information content (AvgIpc) is 2.84. The molecule has 0 aliphatic rings. The zero-order valence-electron chi connectivity index (χ0n) is 12.1. The largest absolute Gasteiger partial charge is 0.493 e. The van der Waals surface area contributed by atoms with Gasteiger partial charge in [0.1, 0.15) is 5.69 Å². The van der Waals surface area contributed by atoms with Crippen LogP contribution >= 0.6 is 11.6 Å². The van der Waals surface area contributed by atoms with Crippen LogP contribution in [0.25, 0.3) is 17.1 Å². The molecule has 116 valence electrons. The van der Waals surface area contributed by atoms with Crippen LogP contribution < -0.4 is 0 Å². The number of halogens is 1. The number of aromatic carboxylic acids is 1. The van der Waals surface area contributed by atoms with Crippen molar-refractivity contribution in [1.29, 1.82) is 0 Å². The smallest absolute Gasteiger partial charge is 0.335 e. The first-order chi connectivity index (χ1) is 11.0. The van der Waals surface area contributed by atoms with E-state index in [1.165, 1.54) is 23.0 Å². The molecule has 1 aromatic carbocycles.